The number of carboxylic acid groups (broad SMARTS) is 1. The SMILES string of the molecule is CC(C)(O)c1ccccc1CC[C@@H](SCC1(CC(=O)O)CC1)c1cccc(C=Cc2ccc3sc(F)c(F)c3n2)c1. The van der Waals surface area contributed by atoms with E-state index in [2.05, 4.69) is 23.2 Å². The zero-order valence-electron chi connectivity index (χ0n) is 23.1. The van der Waals surface area contributed by atoms with Crippen LogP contribution in [0.4, 0.5) is 8.78 Å². The van der Waals surface area contributed by atoms with Crippen LogP contribution >= 0.6 is 23.1 Å². The van der Waals surface area contributed by atoms with E-state index in [1.54, 1.807) is 32.1 Å². The second kappa shape index (κ2) is 12.0. The van der Waals surface area contributed by atoms with Crippen LogP contribution < -0.4 is 0 Å². The number of aliphatic hydroxyl groups is 1. The molecule has 2 aromatic heterocycles. The van der Waals surface area contributed by atoms with Gasteiger partial charge in [-0.3, -0.25) is 4.79 Å². The highest BCUT2D eigenvalue weighted by molar-refractivity contribution is 7.99. The van der Waals surface area contributed by atoms with E-state index >= 15 is 0 Å². The fourth-order valence-corrected chi connectivity index (χ4v) is 7.50. The normalized spacial score (nSPS) is 15.4. The van der Waals surface area contributed by atoms with E-state index < -0.39 is 22.5 Å². The molecular weight excluding hydrogens is 560 g/mol. The molecule has 0 amide bonds. The molecule has 0 unspecified atom stereocenters. The van der Waals surface area contributed by atoms with Crippen molar-refractivity contribution in [1.29, 1.82) is 0 Å². The highest BCUT2D eigenvalue weighted by atomic mass is 32.2. The molecule has 0 aliphatic heterocycles. The summed E-state index contributed by atoms with van der Waals surface area (Å²) in [6.45, 7) is 3.60. The van der Waals surface area contributed by atoms with E-state index in [0.717, 1.165) is 65.0 Å². The summed E-state index contributed by atoms with van der Waals surface area (Å²) < 4.78 is 28.2. The lowest BCUT2D eigenvalue weighted by Crippen LogP contribution is -2.18. The Hall–Kier alpha value is -3.07. The molecule has 0 spiro atoms. The standard InChI is InChI=1S/C33H33F2NO3S2/c1-32(2,39)25-9-4-3-7-22(25)11-14-26(40-20-33(16-17-33)19-28(37)38)23-8-5-6-21(18-23)10-12-24-13-15-27-30(36-24)29(34)31(35)41-27/h3-10,12-13,15,18,26,39H,11,14,16-17,19-20H2,1-2H3,(H,37,38)/t26-/m1/s1. The minimum Gasteiger partial charge on any atom is -0.481 e. The molecule has 0 saturated heterocycles. The van der Waals surface area contributed by atoms with Gasteiger partial charge >= 0.3 is 5.97 Å². The van der Waals surface area contributed by atoms with Crippen LogP contribution in [0.2, 0.25) is 0 Å². The van der Waals surface area contributed by atoms with Crippen LogP contribution in [0.5, 0.6) is 0 Å². The maximum atomic E-state index is 14.1. The zero-order chi connectivity index (χ0) is 29.2. The molecule has 2 N–H and O–H groups in total. The molecule has 41 heavy (non-hydrogen) atoms. The Morgan fingerprint density at radius 3 is 2.63 bits per heavy atom. The third-order valence-electron chi connectivity index (χ3n) is 7.62. The van der Waals surface area contributed by atoms with Crippen molar-refractivity contribution in [3.05, 3.63) is 99.6 Å². The van der Waals surface area contributed by atoms with Crippen molar-refractivity contribution in [2.45, 2.75) is 56.8 Å². The van der Waals surface area contributed by atoms with Gasteiger partial charge in [0.05, 0.1) is 22.4 Å². The van der Waals surface area contributed by atoms with Gasteiger partial charge in [0, 0.05) is 11.0 Å². The zero-order valence-corrected chi connectivity index (χ0v) is 24.7. The van der Waals surface area contributed by atoms with Gasteiger partial charge in [-0.15, -0.1) is 11.3 Å². The van der Waals surface area contributed by atoms with E-state index in [1.165, 1.54) is 0 Å². The minimum atomic E-state index is -0.946. The van der Waals surface area contributed by atoms with Gasteiger partial charge in [0.2, 0.25) is 5.13 Å². The van der Waals surface area contributed by atoms with Crippen LogP contribution in [0.25, 0.3) is 22.4 Å². The summed E-state index contributed by atoms with van der Waals surface area (Å²) in [5.74, 6) is -0.878. The largest absolute Gasteiger partial charge is 0.481 e. The summed E-state index contributed by atoms with van der Waals surface area (Å²) in [6, 6.07) is 19.6. The van der Waals surface area contributed by atoms with Gasteiger partial charge in [-0.1, -0.05) is 54.6 Å². The van der Waals surface area contributed by atoms with Crippen molar-refractivity contribution >= 4 is 51.4 Å². The van der Waals surface area contributed by atoms with Gasteiger partial charge < -0.3 is 10.2 Å². The highest BCUT2D eigenvalue weighted by Gasteiger charge is 2.44. The predicted octanol–water partition coefficient (Wildman–Crippen LogP) is 8.63. The first-order valence-electron chi connectivity index (χ1n) is 13.7. The van der Waals surface area contributed by atoms with E-state index in [4.69, 9.17) is 0 Å². The van der Waals surface area contributed by atoms with E-state index in [0.29, 0.717) is 10.4 Å². The molecule has 214 valence electrons. The number of aliphatic carboxylic acids is 1. The van der Waals surface area contributed by atoms with Crippen LogP contribution in [-0.2, 0) is 16.8 Å². The summed E-state index contributed by atoms with van der Waals surface area (Å²) in [7, 11) is 0. The molecule has 8 heteroatoms. The molecule has 1 fully saturated rings. The maximum absolute atomic E-state index is 14.1. The number of thioether (sulfide) groups is 1. The number of hydrogen-bond acceptors (Lipinski definition) is 5. The summed E-state index contributed by atoms with van der Waals surface area (Å²) in [5.41, 5.74) is 3.62. The molecule has 0 radical (unpaired) electrons. The van der Waals surface area contributed by atoms with Gasteiger partial charge in [0.25, 0.3) is 0 Å². The molecule has 1 saturated carbocycles. The average molecular weight is 594 g/mol. The van der Waals surface area contributed by atoms with Crippen LogP contribution in [0.15, 0.2) is 60.7 Å². The number of carbonyl (C=O) groups is 1. The summed E-state index contributed by atoms with van der Waals surface area (Å²) in [5, 5.41) is 19.4. The highest BCUT2D eigenvalue weighted by Crippen LogP contribution is 2.53. The van der Waals surface area contributed by atoms with Gasteiger partial charge in [-0.05, 0) is 85.4 Å². The molecule has 2 heterocycles. The fraction of sp³-hybridized carbons (Fsp3) is 0.333. The third-order valence-corrected chi connectivity index (χ3v) is 10.2. The van der Waals surface area contributed by atoms with Crippen molar-refractivity contribution in [1.82, 2.24) is 4.98 Å². The molecule has 1 aliphatic carbocycles. The van der Waals surface area contributed by atoms with E-state index in [9.17, 15) is 23.8 Å². The Morgan fingerprint density at radius 1 is 1.12 bits per heavy atom. The van der Waals surface area contributed by atoms with Crippen molar-refractivity contribution in [3.8, 4) is 0 Å². The smallest absolute Gasteiger partial charge is 0.303 e. The quantitative estimate of drug-likeness (QED) is 0.172. The Kier molecular flexibility index (Phi) is 8.64. The number of thiophene rings is 1. The summed E-state index contributed by atoms with van der Waals surface area (Å²) >= 11 is 2.56. The summed E-state index contributed by atoms with van der Waals surface area (Å²) in [4.78, 5) is 15.7. The minimum absolute atomic E-state index is 0.0431. The third kappa shape index (κ3) is 7.23. The predicted molar refractivity (Wildman–Crippen MR) is 164 cm³/mol. The van der Waals surface area contributed by atoms with Gasteiger partial charge in [-0.2, -0.15) is 16.2 Å². The second-order valence-corrected chi connectivity index (χ2v) is 13.6. The van der Waals surface area contributed by atoms with Crippen LogP contribution in [0.3, 0.4) is 0 Å². The number of halogens is 2. The number of benzene rings is 2. The van der Waals surface area contributed by atoms with Crippen molar-refractivity contribution in [3.63, 3.8) is 0 Å². The van der Waals surface area contributed by atoms with E-state index in [1.807, 2.05) is 48.2 Å². The average Bonchev–Trinajstić information content (AvgIpc) is 3.63. The Labute approximate surface area is 247 Å². The monoisotopic (exact) mass is 593 g/mol. The molecule has 0 bridgehead atoms. The maximum Gasteiger partial charge on any atom is 0.303 e. The van der Waals surface area contributed by atoms with Gasteiger partial charge in [0.1, 0.15) is 5.52 Å². The van der Waals surface area contributed by atoms with Crippen molar-refractivity contribution in [2.75, 3.05) is 5.75 Å². The molecule has 4 nitrogen and oxygen atoms in total. The molecule has 2 aromatic carbocycles. The first-order valence-corrected chi connectivity index (χ1v) is 15.6. The molecule has 4 aromatic rings. The lowest BCUT2D eigenvalue weighted by atomic mass is 9.90. The molecule has 1 atom stereocenters. The number of nitrogens with zero attached hydrogens (tertiary/aromatic N) is 1. The fourth-order valence-electron chi connectivity index (χ4n) is 5.19. The lowest BCUT2D eigenvalue weighted by Gasteiger charge is -2.24. The topological polar surface area (TPSA) is 70.4 Å². The van der Waals surface area contributed by atoms with Crippen molar-refractivity contribution < 1.29 is 23.8 Å². The lowest BCUT2D eigenvalue weighted by molar-refractivity contribution is -0.138. The number of rotatable bonds is 12. The van der Waals surface area contributed by atoms with Gasteiger partial charge in [-0.25, -0.2) is 9.37 Å². The molecule has 1 aliphatic rings. The van der Waals surface area contributed by atoms with Crippen LogP contribution in [-0.4, -0.2) is 26.9 Å². The number of aryl methyl sites for hydroxylation is 1. The first kappa shape index (κ1) is 29.4. The molecular formula is C33H33F2NO3S2. The number of carboxylic acids is 1. The van der Waals surface area contributed by atoms with Crippen molar-refractivity contribution in [2.24, 2.45) is 5.41 Å². The van der Waals surface area contributed by atoms with Crippen LogP contribution in [0.1, 0.15) is 72.7 Å². The van der Waals surface area contributed by atoms with E-state index in [-0.39, 0.29) is 22.6 Å². The first-order chi connectivity index (χ1) is 19.5. The Balaban J connectivity index is 1.38. The number of fused-ring (bicyclic) bond motifs is 1. The number of pyridine rings is 1. The number of aromatic nitrogens is 1. The summed E-state index contributed by atoms with van der Waals surface area (Å²) in [6.07, 6.45) is 7.39. The molecule has 5 rings (SSSR count). The Morgan fingerprint density at radius 2 is 1.90 bits per heavy atom. The second-order valence-electron chi connectivity index (χ2n) is 11.4. The number of hydrogen-bond donors (Lipinski definition) is 2. The van der Waals surface area contributed by atoms with Gasteiger partial charge in [0.15, 0.2) is 5.82 Å². The van der Waals surface area contributed by atoms with Crippen LogP contribution in [0, 0.1) is 16.4 Å². The Bertz CT molecular complexity index is 1590.